The van der Waals surface area contributed by atoms with Gasteiger partial charge < -0.3 is 15.6 Å². The first-order valence-corrected chi connectivity index (χ1v) is 7.66. The molecule has 8 nitrogen and oxygen atoms in total. The number of benzene rings is 1. The molecule has 0 aliphatic heterocycles. The quantitative estimate of drug-likeness (QED) is 0.489. The average Bonchev–Trinajstić information content (AvgIpc) is 3.03. The van der Waals surface area contributed by atoms with Gasteiger partial charge in [-0.2, -0.15) is 0 Å². The molecule has 2 heterocycles. The number of carbonyl (C=O) groups excluding carboxylic acids is 1. The van der Waals surface area contributed by atoms with E-state index in [1.165, 1.54) is 6.07 Å². The summed E-state index contributed by atoms with van der Waals surface area (Å²) in [6.45, 7) is 2.34. The zero-order chi connectivity index (χ0) is 18.0. The predicted octanol–water partition coefficient (Wildman–Crippen LogP) is 2.75. The lowest BCUT2D eigenvalue weighted by Crippen LogP contribution is -2.17. The van der Waals surface area contributed by atoms with Crippen molar-refractivity contribution in [1.29, 1.82) is 0 Å². The third kappa shape index (κ3) is 3.42. The summed E-state index contributed by atoms with van der Waals surface area (Å²) in [5.74, 6) is -0.209. The molecule has 0 aliphatic rings. The average molecular weight is 339 g/mol. The largest absolute Gasteiger partial charge is 0.380 e. The zero-order valence-electron chi connectivity index (χ0n) is 13.8. The first-order chi connectivity index (χ1) is 12.0. The van der Waals surface area contributed by atoms with Crippen LogP contribution in [0.5, 0.6) is 0 Å². The smallest absolute Gasteiger partial charge is 0.269 e. The van der Waals surface area contributed by atoms with Crippen molar-refractivity contribution < 1.29 is 9.72 Å². The highest BCUT2D eigenvalue weighted by Gasteiger charge is 2.10. The van der Waals surface area contributed by atoms with Crippen LogP contribution in [0, 0.1) is 17.0 Å². The van der Waals surface area contributed by atoms with Gasteiger partial charge in [0.15, 0.2) is 0 Å². The normalized spacial score (nSPS) is 10.6. The van der Waals surface area contributed by atoms with Crippen molar-refractivity contribution in [3.63, 3.8) is 0 Å². The highest BCUT2D eigenvalue weighted by atomic mass is 16.6. The number of carbonyl (C=O) groups is 1. The summed E-state index contributed by atoms with van der Waals surface area (Å²) in [6.07, 6.45) is 1.65. The van der Waals surface area contributed by atoms with E-state index >= 15 is 0 Å². The van der Waals surface area contributed by atoms with Crippen molar-refractivity contribution in [2.45, 2.75) is 13.5 Å². The summed E-state index contributed by atoms with van der Waals surface area (Å²) in [5, 5.41) is 17.5. The van der Waals surface area contributed by atoms with Crippen molar-refractivity contribution in [1.82, 2.24) is 15.3 Å². The monoisotopic (exact) mass is 339 g/mol. The van der Waals surface area contributed by atoms with Crippen LogP contribution in [0.3, 0.4) is 0 Å². The van der Waals surface area contributed by atoms with Crippen LogP contribution in [0.4, 0.5) is 11.4 Å². The van der Waals surface area contributed by atoms with Gasteiger partial charge in [-0.25, -0.2) is 4.98 Å². The molecular formula is C17H17N5O3. The second kappa shape index (κ2) is 6.60. The highest BCUT2D eigenvalue weighted by Crippen LogP contribution is 2.21. The molecule has 0 saturated heterocycles. The van der Waals surface area contributed by atoms with Crippen molar-refractivity contribution in [3.8, 4) is 0 Å². The Morgan fingerprint density at radius 1 is 1.32 bits per heavy atom. The minimum atomic E-state index is -0.406. The van der Waals surface area contributed by atoms with Gasteiger partial charge in [-0.05, 0) is 30.2 Å². The molecule has 128 valence electrons. The van der Waals surface area contributed by atoms with Gasteiger partial charge >= 0.3 is 0 Å². The van der Waals surface area contributed by atoms with Crippen LogP contribution in [0.1, 0.15) is 21.6 Å². The van der Waals surface area contributed by atoms with Gasteiger partial charge in [0.1, 0.15) is 11.3 Å². The second-order valence-electron chi connectivity index (χ2n) is 5.65. The predicted molar refractivity (Wildman–Crippen MR) is 94.6 cm³/mol. The number of anilines is 1. The minimum absolute atomic E-state index is 0.0665. The molecule has 0 aliphatic carbocycles. The SMILES string of the molecule is CNC(=O)c1cc2cc(NCc3cc([N+](=O)[O-])ccc3C)cnc2[nH]1. The summed E-state index contributed by atoms with van der Waals surface area (Å²) in [4.78, 5) is 29.4. The summed E-state index contributed by atoms with van der Waals surface area (Å²) in [6, 6.07) is 8.39. The number of nitrogens with zero attached hydrogens (tertiary/aromatic N) is 2. The number of pyridine rings is 1. The van der Waals surface area contributed by atoms with E-state index in [-0.39, 0.29) is 11.6 Å². The second-order valence-corrected chi connectivity index (χ2v) is 5.65. The fraction of sp³-hybridized carbons (Fsp3) is 0.176. The van der Waals surface area contributed by atoms with Crippen LogP contribution in [0.15, 0.2) is 36.5 Å². The third-order valence-corrected chi connectivity index (χ3v) is 3.97. The van der Waals surface area contributed by atoms with E-state index in [0.717, 1.165) is 22.2 Å². The van der Waals surface area contributed by atoms with Crippen molar-refractivity contribution in [2.75, 3.05) is 12.4 Å². The van der Waals surface area contributed by atoms with E-state index in [9.17, 15) is 14.9 Å². The Bertz CT molecular complexity index is 964. The number of nitro benzene ring substituents is 1. The Morgan fingerprint density at radius 2 is 2.12 bits per heavy atom. The van der Waals surface area contributed by atoms with Crippen LogP contribution >= 0.6 is 0 Å². The number of nitro groups is 1. The van der Waals surface area contributed by atoms with Gasteiger partial charge in [0.25, 0.3) is 11.6 Å². The molecule has 3 N–H and O–H groups in total. The van der Waals surface area contributed by atoms with Gasteiger partial charge in [-0.15, -0.1) is 0 Å². The van der Waals surface area contributed by atoms with Gasteiger partial charge in [0.05, 0.1) is 16.8 Å². The number of fused-ring (bicyclic) bond motifs is 1. The maximum Gasteiger partial charge on any atom is 0.269 e. The number of aromatic nitrogens is 2. The molecule has 0 saturated carbocycles. The van der Waals surface area contributed by atoms with Crippen LogP contribution < -0.4 is 10.6 Å². The van der Waals surface area contributed by atoms with E-state index in [1.807, 2.05) is 13.0 Å². The Labute approximate surface area is 143 Å². The number of aromatic amines is 1. The number of rotatable bonds is 5. The molecule has 0 spiro atoms. The molecule has 3 aromatic rings. The molecule has 0 radical (unpaired) electrons. The summed E-state index contributed by atoms with van der Waals surface area (Å²) in [7, 11) is 1.57. The Hall–Kier alpha value is -3.42. The van der Waals surface area contributed by atoms with Crippen molar-refractivity contribution >= 4 is 28.3 Å². The lowest BCUT2D eigenvalue weighted by atomic mass is 10.1. The van der Waals surface area contributed by atoms with Gasteiger partial charge in [-0.3, -0.25) is 14.9 Å². The molecule has 2 aromatic heterocycles. The highest BCUT2D eigenvalue weighted by molar-refractivity contribution is 5.97. The Morgan fingerprint density at radius 3 is 2.84 bits per heavy atom. The number of hydrogen-bond acceptors (Lipinski definition) is 5. The molecule has 3 rings (SSSR count). The lowest BCUT2D eigenvalue weighted by molar-refractivity contribution is -0.384. The molecule has 0 unspecified atom stereocenters. The number of hydrogen-bond donors (Lipinski definition) is 3. The minimum Gasteiger partial charge on any atom is -0.380 e. The van der Waals surface area contributed by atoms with E-state index < -0.39 is 4.92 Å². The molecule has 0 fully saturated rings. The molecular weight excluding hydrogens is 322 g/mol. The molecule has 1 aromatic carbocycles. The maximum atomic E-state index is 11.7. The fourth-order valence-electron chi connectivity index (χ4n) is 2.53. The molecule has 8 heteroatoms. The number of non-ortho nitro benzene ring substituents is 1. The van der Waals surface area contributed by atoms with Crippen LogP contribution in [0.25, 0.3) is 11.0 Å². The first-order valence-electron chi connectivity index (χ1n) is 7.66. The Kier molecular flexibility index (Phi) is 4.34. The molecule has 0 atom stereocenters. The van der Waals surface area contributed by atoms with E-state index in [1.54, 1.807) is 31.4 Å². The van der Waals surface area contributed by atoms with Crippen LogP contribution in [0.2, 0.25) is 0 Å². The number of H-pyrrole nitrogens is 1. The zero-order valence-corrected chi connectivity index (χ0v) is 13.8. The number of amides is 1. The molecule has 1 amide bonds. The van der Waals surface area contributed by atoms with E-state index in [4.69, 9.17) is 0 Å². The lowest BCUT2D eigenvalue weighted by Gasteiger charge is -2.09. The topological polar surface area (TPSA) is 113 Å². The van der Waals surface area contributed by atoms with E-state index in [0.29, 0.717) is 17.9 Å². The van der Waals surface area contributed by atoms with Crippen molar-refractivity contribution in [2.24, 2.45) is 0 Å². The van der Waals surface area contributed by atoms with Gasteiger partial charge in [0.2, 0.25) is 0 Å². The standard InChI is InChI=1S/C17H17N5O3/c1-10-3-4-14(22(24)25)6-12(10)8-19-13-5-11-7-15(17(23)18-2)21-16(11)20-9-13/h3-7,9,19H,8H2,1-2H3,(H,18,23)(H,20,21). The molecule has 0 bridgehead atoms. The van der Waals surface area contributed by atoms with Crippen LogP contribution in [-0.2, 0) is 6.54 Å². The number of aryl methyl sites for hydroxylation is 1. The maximum absolute atomic E-state index is 11.7. The fourth-order valence-corrected chi connectivity index (χ4v) is 2.53. The van der Waals surface area contributed by atoms with Gasteiger partial charge in [0, 0.05) is 31.1 Å². The summed E-state index contributed by atoms with van der Waals surface area (Å²) < 4.78 is 0. The first kappa shape index (κ1) is 16.4. The molecule has 25 heavy (non-hydrogen) atoms. The summed E-state index contributed by atoms with van der Waals surface area (Å²) in [5.41, 5.74) is 3.70. The Balaban J connectivity index is 1.80. The van der Waals surface area contributed by atoms with Crippen molar-refractivity contribution in [3.05, 3.63) is 63.5 Å². The summed E-state index contributed by atoms with van der Waals surface area (Å²) >= 11 is 0. The van der Waals surface area contributed by atoms with Crippen LogP contribution in [-0.4, -0.2) is 27.8 Å². The van der Waals surface area contributed by atoms with E-state index in [2.05, 4.69) is 20.6 Å². The van der Waals surface area contributed by atoms with Gasteiger partial charge in [-0.1, -0.05) is 6.07 Å². The third-order valence-electron chi connectivity index (χ3n) is 3.97. The number of nitrogens with one attached hydrogen (secondary N) is 3.